The first kappa shape index (κ1) is 13.8. The van der Waals surface area contributed by atoms with E-state index in [4.69, 9.17) is 4.74 Å². The van der Waals surface area contributed by atoms with E-state index >= 15 is 0 Å². The third-order valence-corrected chi connectivity index (χ3v) is 4.49. The zero-order chi connectivity index (χ0) is 14.8. The normalized spacial score (nSPS) is 22.1. The summed E-state index contributed by atoms with van der Waals surface area (Å²) in [7, 11) is 0. The first-order chi connectivity index (χ1) is 10.9. The van der Waals surface area contributed by atoms with Gasteiger partial charge in [-0.05, 0) is 30.9 Å². The molecule has 0 amide bonds. The fourth-order valence-corrected chi connectivity index (χ4v) is 3.20. The van der Waals surface area contributed by atoms with E-state index in [1.54, 1.807) is 12.4 Å². The zero-order valence-corrected chi connectivity index (χ0v) is 12.8. The summed E-state index contributed by atoms with van der Waals surface area (Å²) in [5.74, 6) is 2.25. The molecule has 0 bridgehead atoms. The molecule has 116 valence electrons. The molecule has 0 saturated heterocycles. The second-order valence-electron chi connectivity index (χ2n) is 6.54. The number of fused-ring (bicyclic) bond motifs is 1. The molecule has 0 radical (unpaired) electrons. The van der Waals surface area contributed by atoms with Gasteiger partial charge in [-0.15, -0.1) is 0 Å². The topological polar surface area (TPSA) is 43.2 Å². The number of rotatable bonds is 5. The Labute approximate surface area is 130 Å². The van der Waals surface area contributed by atoms with Gasteiger partial charge in [0.25, 0.3) is 0 Å². The Morgan fingerprint density at radius 1 is 1.14 bits per heavy atom. The van der Waals surface area contributed by atoms with Crippen molar-refractivity contribution < 1.29 is 4.74 Å². The lowest BCUT2D eigenvalue weighted by Gasteiger charge is -2.23. The van der Waals surface area contributed by atoms with Gasteiger partial charge in [-0.25, -0.2) is 4.98 Å². The van der Waals surface area contributed by atoms with E-state index in [0.717, 1.165) is 37.9 Å². The number of pyridine rings is 1. The van der Waals surface area contributed by atoms with Crippen molar-refractivity contribution in [2.75, 3.05) is 19.7 Å². The summed E-state index contributed by atoms with van der Waals surface area (Å²) in [5.41, 5.74) is 1.32. The van der Waals surface area contributed by atoms with Gasteiger partial charge in [0.2, 0.25) is 0 Å². The highest BCUT2D eigenvalue weighted by molar-refractivity contribution is 5.15. The maximum Gasteiger partial charge on any atom is 0.137 e. The van der Waals surface area contributed by atoms with Crippen LogP contribution in [0.4, 0.5) is 0 Å². The van der Waals surface area contributed by atoms with Crippen molar-refractivity contribution in [3.05, 3.63) is 42.7 Å². The van der Waals surface area contributed by atoms with Crippen molar-refractivity contribution in [3.8, 4) is 5.75 Å². The highest BCUT2D eigenvalue weighted by atomic mass is 16.5. The molecule has 0 unspecified atom stereocenters. The van der Waals surface area contributed by atoms with E-state index in [2.05, 4.69) is 19.4 Å². The molecule has 1 atom stereocenters. The van der Waals surface area contributed by atoms with Crippen LogP contribution in [0.1, 0.15) is 18.5 Å². The third-order valence-electron chi connectivity index (χ3n) is 4.49. The Kier molecular flexibility index (Phi) is 3.81. The Bertz CT molecular complexity index is 608. The monoisotopic (exact) mass is 298 g/mol. The molecule has 4 rings (SSSR count). The highest BCUT2D eigenvalue weighted by Gasteiger charge is 2.28. The van der Waals surface area contributed by atoms with Crippen LogP contribution in [0.5, 0.6) is 5.75 Å². The maximum atomic E-state index is 5.94. The van der Waals surface area contributed by atoms with Crippen molar-refractivity contribution in [1.29, 1.82) is 0 Å². The summed E-state index contributed by atoms with van der Waals surface area (Å²) in [6.07, 6.45) is 10.3. The van der Waals surface area contributed by atoms with Crippen LogP contribution in [0, 0.1) is 11.8 Å². The van der Waals surface area contributed by atoms with Crippen molar-refractivity contribution in [2.45, 2.75) is 25.9 Å². The molecule has 1 saturated carbocycles. The van der Waals surface area contributed by atoms with Crippen LogP contribution in [0.15, 0.2) is 37.1 Å². The smallest absolute Gasteiger partial charge is 0.137 e. The van der Waals surface area contributed by atoms with E-state index in [9.17, 15) is 0 Å². The van der Waals surface area contributed by atoms with Crippen LogP contribution >= 0.6 is 0 Å². The van der Waals surface area contributed by atoms with Crippen LogP contribution in [0.3, 0.4) is 0 Å². The minimum atomic E-state index is 0.481. The third kappa shape index (κ3) is 3.30. The minimum Gasteiger partial charge on any atom is -0.492 e. The number of hydrogen-bond donors (Lipinski definition) is 0. The fourth-order valence-electron chi connectivity index (χ4n) is 3.20. The first-order valence-electron chi connectivity index (χ1n) is 8.11. The van der Waals surface area contributed by atoms with Gasteiger partial charge in [-0.2, -0.15) is 0 Å². The largest absolute Gasteiger partial charge is 0.492 e. The summed E-state index contributed by atoms with van der Waals surface area (Å²) in [6, 6.07) is 3.88. The lowest BCUT2D eigenvalue weighted by atomic mass is 10.1. The van der Waals surface area contributed by atoms with Crippen LogP contribution in [0.2, 0.25) is 0 Å². The van der Waals surface area contributed by atoms with Gasteiger partial charge >= 0.3 is 0 Å². The molecule has 1 aliphatic carbocycles. The summed E-state index contributed by atoms with van der Waals surface area (Å²) in [5, 5.41) is 0. The highest BCUT2D eigenvalue weighted by Crippen LogP contribution is 2.31. The summed E-state index contributed by atoms with van der Waals surface area (Å²) >= 11 is 0. The lowest BCUT2D eigenvalue weighted by Crippen LogP contribution is -2.32. The first-order valence-corrected chi connectivity index (χ1v) is 8.11. The van der Waals surface area contributed by atoms with E-state index in [-0.39, 0.29) is 0 Å². The fraction of sp³-hybridized carbons (Fsp3) is 0.529. The second-order valence-corrected chi connectivity index (χ2v) is 6.54. The molecule has 2 aromatic heterocycles. The minimum absolute atomic E-state index is 0.481. The lowest BCUT2D eigenvalue weighted by molar-refractivity contribution is 0.168. The molecule has 2 aromatic rings. The molecule has 5 heteroatoms. The summed E-state index contributed by atoms with van der Waals surface area (Å²) in [4.78, 5) is 11.0. The Balaban J connectivity index is 1.43. The van der Waals surface area contributed by atoms with Crippen molar-refractivity contribution in [2.24, 2.45) is 11.8 Å². The number of hydrogen-bond acceptors (Lipinski definition) is 4. The van der Waals surface area contributed by atoms with Crippen molar-refractivity contribution in [1.82, 2.24) is 19.4 Å². The van der Waals surface area contributed by atoms with E-state index in [1.807, 2.05) is 24.7 Å². The van der Waals surface area contributed by atoms with E-state index < -0.39 is 0 Å². The molecule has 0 aromatic carbocycles. The van der Waals surface area contributed by atoms with Crippen LogP contribution in [-0.2, 0) is 13.1 Å². The van der Waals surface area contributed by atoms with Crippen LogP contribution in [-0.4, -0.2) is 39.1 Å². The molecule has 3 heterocycles. The second kappa shape index (κ2) is 6.08. The van der Waals surface area contributed by atoms with Gasteiger partial charge in [0.05, 0.1) is 24.8 Å². The molecule has 22 heavy (non-hydrogen) atoms. The summed E-state index contributed by atoms with van der Waals surface area (Å²) < 4.78 is 8.22. The Hall–Kier alpha value is -1.88. The molecule has 2 aliphatic rings. The van der Waals surface area contributed by atoms with Gasteiger partial charge in [0.15, 0.2) is 0 Å². The maximum absolute atomic E-state index is 5.94. The molecule has 0 spiro atoms. The SMILES string of the molecule is c1cncc(OC[C@@H]2CN(CC3CC3)Cc3cncn3C2)c1. The average molecular weight is 298 g/mol. The average Bonchev–Trinajstić information content (AvgIpc) is 3.28. The molecular formula is C17H22N4O. The number of ether oxygens (including phenoxy) is 1. The van der Waals surface area contributed by atoms with Gasteiger partial charge in [0, 0.05) is 44.5 Å². The van der Waals surface area contributed by atoms with E-state index in [0.29, 0.717) is 5.92 Å². The molecule has 1 fully saturated rings. The van der Waals surface area contributed by atoms with Crippen LogP contribution < -0.4 is 4.74 Å². The van der Waals surface area contributed by atoms with E-state index in [1.165, 1.54) is 25.1 Å². The Morgan fingerprint density at radius 2 is 2.09 bits per heavy atom. The predicted molar refractivity (Wildman–Crippen MR) is 83.5 cm³/mol. The quantitative estimate of drug-likeness (QED) is 0.849. The van der Waals surface area contributed by atoms with Crippen LogP contribution in [0.25, 0.3) is 0 Å². The number of nitrogens with zero attached hydrogens (tertiary/aromatic N) is 4. The number of imidazole rings is 1. The Morgan fingerprint density at radius 3 is 2.91 bits per heavy atom. The number of aromatic nitrogens is 3. The molecular weight excluding hydrogens is 276 g/mol. The van der Waals surface area contributed by atoms with Crippen molar-refractivity contribution >= 4 is 0 Å². The standard InChI is InChI=1S/C17H22N4O/c1-2-17(7-18-5-1)22-12-15-9-20(8-14-3-4-14)11-16-6-19-13-21(16)10-15/h1-2,5-7,13-15H,3-4,8-12H2/t15-/m1/s1. The molecule has 1 aliphatic heterocycles. The van der Waals surface area contributed by atoms with Gasteiger partial charge < -0.3 is 9.30 Å². The predicted octanol–water partition coefficient (Wildman–Crippen LogP) is 2.20. The van der Waals surface area contributed by atoms with Gasteiger partial charge in [-0.1, -0.05) is 0 Å². The molecule has 0 N–H and O–H groups in total. The van der Waals surface area contributed by atoms with Gasteiger partial charge in [0.1, 0.15) is 5.75 Å². The zero-order valence-electron chi connectivity index (χ0n) is 12.8. The van der Waals surface area contributed by atoms with Gasteiger partial charge in [-0.3, -0.25) is 9.88 Å². The summed E-state index contributed by atoms with van der Waals surface area (Å²) in [6.45, 7) is 5.04. The molecule has 5 nitrogen and oxygen atoms in total. The van der Waals surface area contributed by atoms with Crippen molar-refractivity contribution in [3.63, 3.8) is 0 Å².